The summed E-state index contributed by atoms with van der Waals surface area (Å²) in [6.45, 7) is 0. The zero-order valence-corrected chi connectivity index (χ0v) is 15.4. The van der Waals surface area contributed by atoms with E-state index in [1.165, 1.54) is 24.3 Å². The maximum Gasteiger partial charge on any atom is 0.266 e. The SMILES string of the molecule is N#C\C(=C/C=C/C=C/C(C#N)=C(\O)Nc1ccccc1)C(=O)Nc1ccccc1. The van der Waals surface area contributed by atoms with Gasteiger partial charge in [0.1, 0.15) is 23.3 Å². The molecule has 3 N–H and O–H groups in total. The van der Waals surface area contributed by atoms with Crippen LogP contribution in [-0.2, 0) is 4.79 Å². The number of allylic oxidation sites excluding steroid dienone is 6. The molecule has 0 aliphatic rings. The highest BCUT2D eigenvalue weighted by Gasteiger charge is 2.07. The molecule has 0 atom stereocenters. The van der Waals surface area contributed by atoms with E-state index in [-0.39, 0.29) is 17.0 Å². The van der Waals surface area contributed by atoms with Crippen LogP contribution in [0, 0.1) is 22.7 Å². The summed E-state index contributed by atoms with van der Waals surface area (Å²) < 4.78 is 0. The Kier molecular flexibility index (Phi) is 8.03. The van der Waals surface area contributed by atoms with Gasteiger partial charge in [-0.05, 0) is 36.4 Å². The van der Waals surface area contributed by atoms with Crippen LogP contribution >= 0.6 is 0 Å². The van der Waals surface area contributed by atoms with E-state index in [2.05, 4.69) is 10.6 Å². The minimum Gasteiger partial charge on any atom is -0.494 e. The van der Waals surface area contributed by atoms with Gasteiger partial charge in [-0.1, -0.05) is 54.6 Å². The number of anilines is 2. The number of nitrogens with zero attached hydrogens (tertiary/aromatic N) is 2. The molecule has 2 aromatic carbocycles. The van der Waals surface area contributed by atoms with Crippen molar-refractivity contribution in [3.05, 3.63) is 108 Å². The van der Waals surface area contributed by atoms with Gasteiger partial charge < -0.3 is 15.7 Å². The molecule has 2 rings (SSSR count). The number of carbonyl (C=O) groups excluding carboxylic acids is 1. The normalized spacial score (nSPS) is 12.1. The number of para-hydroxylation sites is 2. The van der Waals surface area contributed by atoms with Crippen molar-refractivity contribution in [2.45, 2.75) is 0 Å². The number of aliphatic hydroxyl groups excluding tert-OH is 1. The standard InChI is InChI=1S/C23H18N4O2/c24-16-18(22(28)26-20-12-6-2-7-13-20)10-4-1-5-11-19(17-25)23(29)27-21-14-8-3-9-15-21/h1-15,26,28H,(H,27,29)/b5-1+,10-4+,19-11+,22-18+. The number of hydrogen-bond acceptors (Lipinski definition) is 5. The number of carbonyl (C=O) groups is 1. The lowest BCUT2D eigenvalue weighted by atomic mass is 10.2. The van der Waals surface area contributed by atoms with Gasteiger partial charge in [0.15, 0.2) is 0 Å². The van der Waals surface area contributed by atoms with Crippen molar-refractivity contribution < 1.29 is 9.90 Å². The van der Waals surface area contributed by atoms with Gasteiger partial charge in [0.25, 0.3) is 5.91 Å². The number of rotatable bonds is 7. The molecule has 29 heavy (non-hydrogen) atoms. The fourth-order valence-corrected chi connectivity index (χ4v) is 2.15. The third-order valence-electron chi connectivity index (χ3n) is 3.56. The molecule has 0 radical (unpaired) electrons. The fourth-order valence-electron chi connectivity index (χ4n) is 2.15. The first-order valence-corrected chi connectivity index (χ1v) is 8.61. The zero-order chi connectivity index (χ0) is 20.9. The highest BCUT2D eigenvalue weighted by atomic mass is 16.3. The number of nitriles is 2. The summed E-state index contributed by atoms with van der Waals surface area (Å²) in [5, 5.41) is 33.7. The van der Waals surface area contributed by atoms with E-state index in [0.29, 0.717) is 11.4 Å². The summed E-state index contributed by atoms with van der Waals surface area (Å²) in [4.78, 5) is 12.1. The third-order valence-corrected chi connectivity index (χ3v) is 3.56. The van der Waals surface area contributed by atoms with Crippen molar-refractivity contribution in [1.82, 2.24) is 0 Å². The maximum atomic E-state index is 12.1. The van der Waals surface area contributed by atoms with Crippen LogP contribution < -0.4 is 10.6 Å². The molecule has 0 bridgehead atoms. The fraction of sp³-hybridized carbons (Fsp3) is 0. The quantitative estimate of drug-likeness (QED) is 0.281. The second-order valence-electron chi connectivity index (χ2n) is 5.62. The Morgan fingerprint density at radius 3 is 1.97 bits per heavy atom. The third kappa shape index (κ3) is 6.93. The minimum absolute atomic E-state index is 0.0322. The van der Waals surface area contributed by atoms with Crippen LogP contribution in [0.2, 0.25) is 0 Å². The van der Waals surface area contributed by atoms with E-state index in [9.17, 15) is 15.2 Å². The van der Waals surface area contributed by atoms with Crippen molar-refractivity contribution in [1.29, 1.82) is 10.5 Å². The van der Waals surface area contributed by atoms with Gasteiger partial charge in [-0.25, -0.2) is 0 Å². The molecule has 0 aliphatic carbocycles. The van der Waals surface area contributed by atoms with Crippen LogP contribution in [0.15, 0.2) is 108 Å². The summed E-state index contributed by atoms with van der Waals surface area (Å²) in [6, 6.07) is 21.5. The van der Waals surface area contributed by atoms with Crippen molar-refractivity contribution in [2.24, 2.45) is 0 Å². The number of nitrogens with one attached hydrogen (secondary N) is 2. The largest absolute Gasteiger partial charge is 0.494 e. The van der Waals surface area contributed by atoms with Gasteiger partial charge >= 0.3 is 0 Å². The molecule has 1 amide bonds. The highest BCUT2D eigenvalue weighted by molar-refractivity contribution is 6.06. The van der Waals surface area contributed by atoms with Gasteiger partial charge in [0, 0.05) is 11.4 Å². The number of benzene rings is 2. The molecule has 0 heterocycles. The average molecular weight is 382 g/mol. The molecule has 0 aromatic heterocycles. The monoisotopic (exact) mass is 382 g/mol. The van der Waals surface area contributed by atoms with Gasteiger partial charge in [0.2, 0.25) is 5.88 Å². The van der Waals surface area contributed by atoms with Crippen molar-refractivity contribution in [3.63, 3.8) is 0 Å². The van der Waals surface area contributed by atoms with Crippen molar-refractivity contribution in [2.75, 3.05) is 10.6 Å². The van der Waals surface area contributed by atoms with Crippen molar-refractivity contribution in [3.8, 4) is 12.1 Å². The summed E-state index contributed by atoms with van der Waals surface area (Å²) in [5.41, 5.74) is 1.20. The van der Waals surface area contributed by atoms with E-state index in [1.54, 1.807) is 54.6 Å². The molecule has 142 valence electrons. The first kappa shape index (κ1) is 20.8. The van der Waals surface area contributed by atoms with Crippen LogP contribution in [0.5, 0.6) is 0 Å². The lowest BCUT2D eigenvalue weighted by Crippen LogP contribution is -2.13. The Balaban J connectivity index is 2.01. The summed E-state index contributed by atoms with van der Waals surface area (Å²) in [5.74, 6) is -0.798. The van der Waals surface area contributed by atoms with E-state index in [4.69, 9.17) is 5.26 Å². The molecular weight excluding hydrogens is 364 g/mol. The lowest BCUT2D eigenvalue weighted by molar-refractivity contribution is -0.112. The Labute approximate surface area is 169 Å². The molecule has 0 saturated heterocycles. The van der Waals surface area contributed by atoms with Gasteiger partial charge in [-0.2, -0.15) is 10.5 Å². The summed E-state index contributed by atoms with van der Waals surface area (Å²) in [7, 11) is 0. The molecule has 0 saturated carbocycles. The van der Waals surface area contributed by atoms with Gasteiger partial charge in [-0.3, -0.25) is 4.79 Å². The molecular formula is C23H18N4O2. The highest BCUT2D eigenvalue weighted by Crippen LogP contribution is 2.11. The van der Waals surface area contributed by atoms with Crippen LogP contribution in [-0.4, -0.2) is 11.0 Å². The second kappa shape index (κ2) is 11.2. The Morgan fingerprint density at radius 1 is 0.828 bits per heavy atom. The maximum absolute atomic E-state index is 12.1. The van der Waals surface area contributed by atoms with Crippen molar-refractivity contribution >= 4 is 17.3 Å². The van der Waals surface area contributed by atoms with Gasteiger partial charge in [-0.15, -0.1) is 0 Å². The predicted molar refractivity (Wildman–Crippen MR) is 112 cm³/mol. The first-order chi connectivity index (χ1) is 14.1. The lowest BCUT2D eigenvalue weighted by Gasteiger charge is -2.05. The minimum atomic E-state index is -0.519. The number of aliphatic hydroxyl groups is 1. The van der Waals surface area contributed by atoms with Crippen LogP contribution in [0.1, 0.15) is 0 Å². The summed E-state index contributed by atoms with van der Waals surface area (Å²) in [6.07, 6.45) is 7.32. The topological polar surface area (TPSA) is 109 Å². The Morgan fingerprint density at radius 2 is 1.41 bits per heavy atom. The first-order valence-electron chi connectivity index (χ1n) is 8.61. The Hall–Kier alpha value is -4.55. The zero-order valence-electron chi connectivity index (χ0n) is 15.4. The average Bonchev–Trinajstić information content (AvgIpc) is 2.74. The molecule has 6 heteroatoms. The van der Waals surface area contributed by atoms with E-state index < -0.39 is 5.91 Å². The molecule has 0 fully saturated rings. The number of amides is 1. The van der Waals surface area contributed by atoms with E-state index in [0.717, 1.165) is 0 Å². The summed E-state index contributed by atoms with van der Waals surface area (Å²) >= 11 is 0. The molecule has 6 nitrogen and oxygen atoms in total. The molecule has 0 spiro atoms. The molecule has 0 unspecified atom stereocenters. The second-order valence-corrected chi connectivity index (χ2v) is 5.62. The van der Waals surface area contributed by atoms with Crippen LogP contribution in [0.25, 0.3) is 0 Å². The smallest absolute Gasteiger partial charge is 0.266 e. The molecule has 0 aliphatic heterocycles. The van der Waals surface area contributed by atoms with Crippen LogP contribution in [0.3, 0.4) is 0 Å². The Bertz CT molecular complexity index is 1040. The molecule has 2 aromatic rings. The van der Waals surface area contributed by atoms with E-state index >= 15 is 0 Å². The predicted octanol–water partition coefficient (Wildman–Crippen LogP) is 4.59. The van der Waals surface area contributed by atoms with E-state index in [1.807, 2.05) is 24.3 Å². The van der Waals surface area contributed by atoms with Gasteiger partial charge in [0.05, 0.1) is 0 Å². The van der Waals surface area contributed by atoms with Crippen LogP contribution in [0.4, 0.5) is 11.4 Å². The number of hydrogen-bond donors (Lipinski definition) is 3.